The summed E-state index contributed by atoms with van der Waals surface area (Å²) in [5, 5.41) is 19.2. The molecule has 0 unspecified atom stereocenters. The van der Waals surface area contributed by atoms with Gasteiger partial charge in [0.15, 0.2) is 6.29 Å². The molecule has 0 amide bonds. The Morgan fingerprint density at radius 2 is 1.95 bits per heavy atom. The number of hydrogen-bond donors (Lipinski definition) is 2. The van der Waals surface area contributed by atoms with Gasteiger partial charge < -0.3 is 24.4 Å². The van der Waals surface area contributed by atoms with E-state index in [1.54, 1.807) is 0 Å². The van der Waals surface area contributed by atoms with Crippen LogP contribution in [-0.4, -0.2) is 47.8 Å². The highest BCUT2D eigenvalue weighted by Crippen LogP contribution is 2.30. The number of rotatable bonds is 2. The first-order valence-corrected chi connectivity index (χ1v) is 7.21. The number of hydrogen-bond acceptors (Lipinski definition) is 5. The van der Waals surface area contributed by atoms with Crippen LogP contribution in [0.3, 0.4) is 0 Å². The molecule has 2 heterocycles. The van der Waals surface area contributed by atoms with Crippen LogP contribution in [0.2, 0.25) is 0 Å². The molecule has 5 atom stereocenters. The molecule has 1 aromatic carbocycles. The van der Waals surface area contributed by atoms with Crippen molar-refractivity contribution in [3.05, 3.63) is 48.0 Å². The second-order valence-electron chi connectivity index (χ2n) is 5.30. The lowest BCUT2D eigenvalue weighted by Crippen LogP contribution is -2.47. The SMILES string of the molecule is OC[C@@H]1O[C@@H]2CO[C@@H](c3ccccc3)O[C@H]2/C=C\C[C@H]1O. The molecule has 21 heavy (non-hydrogen) atoms. The molecule has 0 bridgehead atoms. The van der Waals surface area contributed by atoms with Crippen LogP contribution in [-0.2, 0) is 14.2 Å². The maximum Gasteiger partial charge on any atom is 0.184 e. The van der Waals surface area contributed by atoms with Crippen LogP contribution in [0.4, 0.5) is 0 Å². The molecule has 2 N–H and O–H groups in total. The van der Waals surface area contributed by atoms with Gasteiger partial charge in [0.1, 0.15) is 18.3 Å². The number of fused-ring (bicyclic) bond motifs is 1. The van der Waals surface area contributed by atoms with Crippen molar-refractivity contribution in [2.45, 2.75) is 37.1 Å². The highest BCUT2D eigenvalue weighted by Gasteiger charge is 2.36. The zero-order valence-electron chi connectivity index (χ0n) is 11.7. The standard InChI is InChI=1S/C16H20O5/c17-9-14-12(18)7-4-8-13-15(20-14)10-19-16(21-13)11-5-2-1-3-6-11/h1-6,8,12-18H,7,9-10H2/b8-4-/t12-,13+,14+,15-,16-/m1/s1. The summed E-state index contributed by atoms with van der Waals surface area (Å²) in [6.45, 7) is 0.137. The largest absolute Gasteiger partial charge is 0.394 e. The van der Waals surface area contributed by atoms with Gasteiger partial charge >= 0.3 is 0 Å². The van der Waals surface area contributed by atoms with E-state index in [1.807, 2.05) is 42.5 Å². The summed E-state index contributed by atoms with van der Waals surface area (Å²) in [6.07, 6.45) is 1.91. The first-order valence-electron chi connectivity index (χ1n) is 7.21. The van der Waals surface area contributed by atoms with E-state index in [0.717, 1.165) is 5.56 Å². The molecule has 1 saturated heterocycles. The van der Waals surface area contributed by atoms with Gasteiger partial charge in [-0.2, -0.15) is 0 Å². The highest BCUT2D eigenvalue weighted by atomic mass is 16.7. The molecule has 5 nitrogen and oxygen atoms in total. The van der Waals surface area contributed by atoms with Crippen molar-refractivity contribution in [2.75, 3.05) is 13.2 Å². The molecule has 0 spiro atoms. The van der Waals surface area contributed by atoms with Crippen LogP contribution in [0.25, 0.3) is 0 Å². The van der Waals surface area contributed by atoms with E-state index < -0.39 is 18.5 Å². The van der Waals surface area contributed by atoms with Crippen LogP contribution in [0.1, 0.15) is 18.3 Å². The summed E-state index contributed by atoms with van der Waals surface area (Å²) in [5.74, 6) is 0. The molecular weight excluding hydrogens is 272 g/mol. The molecule has 2 aliphatic heterocycles. The molecule has 3 rings (SSSR count). The topological polar surface area (TPSA) is 68.2 Å². The summed E-state index contributed by atoms with van der Waals surface area (Å²) >= 11 is 0. The zero-order valence-corrected chi connectivity index (χ0v) is 11.7. The normalized spacial score (nSPS) is 38.1. The molecule has 2 aliphatic rings. The predicted octanol–water partition coefficient (Wildman–Crippen LogP) is 1.17. The fraction of sp³-hybridized carbons (Fsp3) is 0.500. The molecule has 0 aromatic heterocycles. The van der Waals surface area contributed by atoms with Crippen LogP contribution >= 0.6 is 0 Å². The van der Waals surface area contributed by atoms with Gasteiger partial charge in [-0.15, -0.1) is 0 Å². The third-order valence-electron chi connectivity index (χ3n) is 3.79. The second kappa shape index (κ2) is 6.68. The lowest BCUT2D eigenvalue weighted by molar-refractivity contribution is -0.268. The maximum absolute atomic E-state index is 9.88. The van der Waals surface area contributed by atoms with Gasteiger partial charge in [-0.25, -0.2) is 0 Å². The smallest absolute Gasteiger partial charge is 0.184 e. The molecular formula is C16H20O5. The lowest BCUT2D eigenvalue weighted by Gasteiger charge is -2.38. The van der Waals surface area contributed by atoms with Crippen molar-refractivity contribution in [3.8, 4) is 0 Å². The fourth-order valence-electron chi connectivity index (χ4n) is 2.60. The predicted molar refractivity (Wildman–Crippen MR) is 75.5 cm³/mol. The summed E-state index contributed by atoms with van der Waals surface area (Å²) in [4.78, 5) is 0. The third kappa shape index (κ3) is 3.33. The van der Waals surface area contributed by atoms with E-state index in [0.29, 0.717) is 13.0 Å². The highest BCUT2D eigenvalue weighted by molar-refractivity contribution is 5.17. The lowest BCUT2D eigenvalue weighted by atomic mass is 10.0. The van der Waals surface area contributed by atoms with Crippen molar-refractivity contribution in [1.82, 2.24) is 0 Å². The molecule has 1 aromatic rings. The van der Waals surface area contributed by atoms with Crippen LogP contribution in [0.15, 0.2) is 42.5 Å². The molecule has 114 valence electrons. The average molecular weight is 292 g/mol. The van der Waals surface area contributed by atoms with Gasteiger partial charge in [-0.1, -0.05) is 42.5 Å². The first-order chi connectivity index (χ1) is 10.3. The van der Waals surface area contributed by atoms with Gasteiger partial charge in [-0.05, 0) is 6.42 Å². The van der Waals surface area contributed by atoms with E-state index in [2.05, 4.69) is 0 Å². The average Bonchev–Trinajstić information content (AvgIpc) is 2.52. The van der Waals surface area contributed by atoms with Gasteiger partial charge in [0.05, 0.1) is 19.3 Å². The summed E-state index contributed by atoms with van der Waals surface area (Å²) in [7, 11) is 0. The fourth-order valence-corrected chi connectivity index (χ4v) is 2.60. The Kier molecular flexibility index (Phi) is 4.67. The zero-order chi connectivity index (χ0) is 14.7. The van der Waals surface area contributed by atoms with E-state index in [4.69, 9.17) is 14.2 Å². The van der Waals surface area contributed by atoms with Gasteiger partial charge in [0.2, 0.25) is 0 Å². The third-order valence-corrected chi connectivity index (χ3v) is 3.79. The van der Waals surface area contributed by atoms with Crippen molar-refractivity contribution < 1.29 is 24.4 Å². The number of aliphatic hydroxyl groups is 2. The van der Waals surface area contributed by atoms with Crippen LogP contribution in [0, 0.1) is 0 Å². The minimum Gasteiger partial charge on any atom is -0.394 e. The minimum absolute atomic E-state index is 0.222. The Labute approximate surface area is 123 Å². The van der Waals surface area contributed by atoms with E-state index in [-0.39, 0.29) is 18.8 Å². The molecule has 0 saturated carbocycles. The Morgan fingerprint density at radius 3 is 2.71 bits per heavy atom. The first kappa shape index (κ1) is 14.7. The summed E-state index contributed by atoms with van der Waals surface area (Å²) in [5.41, 5.74) is 0.963. The second-order valence-corrected chi connectivity index (χ2v) is 5.30. The minimum atomic E-state index is -0.709. The van der Waals surface area contributed by atoms with Crippen LogP contribution < -0.4 is 0 Å². The summed E-state index contributed by atoms with van der Waals surface area (Å²) in [6, 6.07) is 9.74. The molecule has 0 aliphatic carbocycles. The molecule has 1 fully saturated rings. The van der Waals surface area contributed by atoms with Gasteiger partial charge in [0, 0.05) is 5.56 Å². The number of benzene rings is 1. The number of aliphatic hydroxyl groups excluding tert-OH is 2. The van der Waals surface area contributed by atoms with E-state index >= 15 is 0 Å². The van der Waals surface area contributed by atoms with E-state index in [1.165, 1.54) is 0 Å². The van der Waals surface area contributed by atoms with Crippen molar-refractivity contribution in [1.29, 1.82) is 0 Å². The maximum atomic E-state index is 9.88. The number of ether oxygens (including phenoxy) is 3. The van der Waals surface area contributed by atoms with Crippen molar-refractivity contribution in [3.63, 3.8) is 0 Å². The summed E-state index contributed by atoms with van der Waals surface area (Å²) < 4.78 is 17.4. The quantitative estimate of drug-likeness (QED) is 0.801. The molecule has 0 radical (unpaired) electrons. The Morgan fingerprint density at radius 1 is 1.14 bits per heavy atom. The van der Waals surface area contributed by atoms with Gasteiger partial charge in [-0.3, -0.25) is 0 Å². The van der Waals surface area contributed by atoms with Crippen LogP contribution in [0.5, 0.6) is 0 Å². The molecule has 5 heteroatoms. The van der Waals surface area contributed by atoms with Gasteiger partial charge in [0.25, 0.3) is 0 Å². The monoisotopic (exact) mass is 292 g/mol. The Hall–Kier alpha value is -1.24. The van der Waals surface area contributed by atoms with Crippen molar-refractivity contribution >= 4 is 0 Å². The van der Waals surface area contributed by atoms with Crippen molar-refractivity contribution in [2.24, 2.45) is 0 Å². The van der Waals surface area contributed by atoms with E-state index in [9.17, 15) is 10.2 Å². The Balaban J connectivity index is 1.73. The Bertz CT molecular complexity index is 475.